The molecule has 0 bridgehead atoms. The Morgan fingerprint density at radius 1 is 0.889 bits per heavy atom. The lowest BCUT2D eigenvalue weighted by atomic mass is 9.99. The molecule has 2 rings (SSSR count). The van der Waals surface area contributed by atoms with E-state index in [1.807, 2.05) is 0 Å². The molecule has 2 heterocycles. The van der Waals surface area contributed by atoms with E-state index in [0.717, 1.165) is 0 Å². The van der Waals surface area contributed by atoms with Crippen molar-refractivity contribution in [2.75, 3.05) is 13.2 Å². The Bertz CT molecular complexity index is 273. The van der Waals surface area contributed by atoms with E-state index in [1.54, 1.807) is 0 Å². The fourth-order valence-corrected chi connectivity index (χ4v) is 1.85. The summed E-state index contributed by atoms with van der Waals surface area (Å²) >= 11 is 0. The van der Waals surface area contributed by atoms with Gasteiger partial charge in [0.1, 0.15) is 30.5 Å². The van der Waals surface area contributed by atoms with E-state index < -0.39 is 43.6 Å². The van der Waals surface area contributed by atoms with E-state index in [9.17, 15) is 15.3 Å². The van der Waals surface area contributed by atoms with Crippen LogP contribution in [0.25, 0.3) is 0 Å². The normalized spacial score (nSPS) is 48.2. The third-order valence-corrected chi connectivity index (χ3v) is 3.09. The van der Waals surface area contributed by atoms with Crippen LogP contribution >= 0.6 is 0 Å². The summed E-state index contributed by atoms with van der Waals surface area (Å²) in [5.74, 6) is 0. The van der Waals surface area contributed by atoms with Gasteiger partial charge in [0.2, 0.25) is 0 Å². The van der Waals surface area contributed by atoms with E-state index in [0.29, 0.717) is 6.42 Å². The monoisotopic (exact) mass is 266 g/mol. The van der Waals surface area contributed by atoms with Crippen LogP contribution in [0.5, 0.6) is 0 Å². The third kappa shape index (κ3) is 2.98. The lowest BCUT2D eigenvalue weighted by molar-refractivity contribution is -0.301. The molecule has 0 aromatic rings. The topological polar surface area (TPSA) is 132 Å². The van der Waals surface area contributed by atoms with Crippen LogP contribution in [0.2, 0.25) is 0 Å². The zero-order valence-electron chi connectivity index (χ0n) is 9.62. The Labute approximate surface area is 103 Å². The van der Waals surface area contributed by atoms with Gasteiger partial charge in [0.15, 0.2) is 12.6 Å². The van der Waals surface area contributed by atoms with Gasteiger partial charge < -0.3 is 39.7 Å². The predicted molar refractivity (Wildman–Crippen MR) is 55.2 cm³/mol. The predicted octanol–water partition coefficient (Wildman–Crippen LogP) is -3.09. The Hall–Kier alpha value is -0.320. The van der Waals surface area contributed by atoms with Gasteiger partial charge in [-0.3, -0.25) is 0 Å². The van der Waals surface area contributed by atoms with Crippen LogP contribution < -0.4 is 0 Å². The molecule has 0 aromatic carbocycles. The molecular formula is C10H18O8. The second kappa shape index (κ2) is 5.76. The van der Waals surface area contributed by atoms with Gasteiger partial charge in [-0.2, -0.15) is 0 Å². The molecule has 2 aliphatic rings. The molecule has 8 heteroatoms. The summed E-state index contributed by atoms with van der Waals surface area (Å²) < 4.78 is 15.1. The summed E-state index contributed by atoms with van der Waals surface area (Å²) in [6.07, 6.45) is -6.93. The summed E-state index contributed by atoms with van der Waals surface area (Å²) in [6, 6.07) is 0. The minimum absolute atomic E-state index is 0.157. The molecule has 0 amide bonds. The molecule has 18 heavy (non-hydrogen) atoms. The Morgan fingerprint density at radius 2 is 1.56 bits per heavy atom. The molecule has 106 valence electrons. The van der Waals surface area contributed by atoms with Gasteiger partial charge in [-0.25, -0.2) is 0 Å². The number of aliphatic hydroxyl groups is 5. The van der Waals surface area contributed by atoms with Crippen molar-refractivity contribution in [2.24, 2.45) is 0 Å². The van der Waals surface area contributed by atoms with Gasteiger partial charge in [-0.05, 0) is 0 Å². The van der Waals surface area contributed by atoms with Crippen LogP contribution in [-0.4, -0.2) is 81.8 Å². The van der Waals surface area contributed by atoms with Crippen LogP contribution in [0.3, 0.4) is 0 Å². The highest BCUT2D eigenvalue weighted by Crippen LogP contribution is 2.25. The second-order valence-electron chi connectivity index (χ2n) is 4.42. The summed E-state index contributed by atoms with van der Waals surface area (Å²) in [6.45, 7) is -0.334. The van der Waals surface area contributed by atoms with Gasteiger partial charge >= 0.3 is 0 Å². The van der Waals surface area contributed by atoms with Crippen LogP contribution in [0.15, 0.2) is 0 Å². The van der Waals surface area contributed by atoms with Gasteiger partial charge in [-0.15, -0.1) is 0 Å². The SMILES string of the molecule is OC[C@H]1O[C@@H](OCC[C@@H]2O[C@H]2O)[C@H](O)[C@@H](O)[C@@H]1O. The molecule has 2 fully saturated rings. The van der Waals surface area contributed by atoms with Crippen molar-refractivity contribution in [1.29, 1.82) is 0 Å². The number of hydrogen-bond acceptors (Lipinski definition) is 8. The molecule has 0 aromatic heterocycles. The molecule has 0 unspecified atom stereocenters. The van der Waals surface area contributed by atoms with E-state index >= 15 is 0 Å². The van der Waals surface area contributed by atoms with Crippen LogP contribution in [0.1, 0.15) is 6.42 Å². The summed E-state index contributed by atoms with van der Waals surface area (Å²) in [5.41, 5.74) is 0. The van der Waals surface area contributed by atoms with Crippen molar-refractivity contribution in [1.82, 2.24) is 0 Å². The maximum absolute atomic E-state index is 9.63. The van der Waals surface area contributed by atoms with Crippen molar-refractivity contribution in [3.05, 3.63) is 0 Å². The Morgan fingerprint density at radius 3 is 2.11 bits per heavy atom. The third-order valence-electron chi connectivity index (χ3n) is 3.09. The van der Waals surface area contributed by atoms with Crippen molar-refractivity contribution in [2.45, 2.75) is 49.5 Å². The number of epoxide rings is 1. The average molecular weight is 266 g/mol. The molecule has 0 aliphatic carbocycles. The molecule has 2 saturated heterocycles. The van der Waals surface area contributed by atoms with Gasteiger partial charge in [-0.1, -0.05) is 0 Å². The van der Waals surface area contributed by atoms with E-state index in [-0.39, 0.29) is 12.7 Å². The van der Waals surface area contributed by atoms with Gasteiger partial charge in [0.05, 0.1) is 13.2 Å². The lowest BCUT2D eigenvalue weighted by Gasteiger charge is -2.39. The number of hydrogen-bond donors (Lipinski definition) is 5. The molecule has 8 nitrogen and oxygen atoms in total. The Kier molecular flexibility index (Phi) is 4.51. The molecule has 0 spiro atoms. The molecule has 5 N–H and O–H groups in total. The minimum atomic E-state index is -1.44. The summed E-state index contributed by atoms with van der Waals surface area (Å²) in [5, 5.41) is 46.5. The molecule has 0 radical (unpaired) electrons. The lowest BCUT2D eigenvalue weighted by Crippen LogP contribution is -2.59. The smallest absolute Gasteiger partial charge is 0.186 e. The summed E-state index contributed by atoms with van der Waals surface area (Å²) in [4.78, 5) is 0. The van der Waals surface area contributed by atoms with E-state index in [1.165, 1.54) is 0 Å². The highest BCUT2D eigenvalue weighted by atomic mass is 16.7. The van der Waals surface area contributed by atoms with Crippen molar-refractivity contribution < 1.29 is 39.7 Å². The molecule has 7 atom stereocenters. The molecule has 0 saturated carbocycles. The Balaban J connectivity index is 1.79. The quantitative estimate of drug-likeness (QED) is 0.331. The van der Waals surface area contributed by atoms with Crippen molar-refractivity contribution >= 4 is 0 Å². The number of rotatable bonds is 5. The average Bonchev–Trinajstić information content (AvgIpc) is 3.05. The van der Waals surface area contributed by atoms with Crippen molar-refractivity contribution in [3.8, 4) is 0 Å². The maximum atomic E-state index is 9.63. The summed E-state index contributed by atoms with van der Waals surface area (Å²) in [7, 11) is 0. The minimum Gasteiger partial charge on any atom is -0.394 e. The number of ether oxygens (including phenoxy) is 3. The zero-order chi connectivity index (χ0) is 13.3. The van der Waals surface area contributed by atoms with Crippen molar-refractivity contribution in [3.63, 3.8) is 0 Å². The van der Waals surface area contributed by atoms with Gasteiger partial charge in [0.25, 0.3) is 0 Å². The first-order valence-corrected chi connectivity index (χ1v) is 5.80. The van der Waals surface area contributed by atoms with E-state index in [2.05, 4.69) is 0 Å². The highest BCUT2D eigenvalue weighted by molar-refractivity contribution is 4.89. The maximum Gasteiger partial charge on any atom is 0.186 e. The molecule has 2 aliphatic heterocycles. The highest BCUT2D eigenvalue weighted by Gasteiger charge is 2.44. The van der Waals surface area contributed by atoms with Gasteiger partial charge in [0, 0.05) is 6.42 Å². The second-order valence-corrected chi connectivity index (χ2v) is 4.42. The van der Waals surface area contributed by atoms with E-state index in [4.69, 9.17) is 24.4 Å². The first-order chi connectivity index (χ1) is 8.54. The molecular weight excluding hydrogens is 248 g/mol. The van der Waals surface area contributed by atoms with Crippen LogP contribution in [0.4, 0.5) is 0 Å². The fraction of sp³-hybridized carbons (Fsp3) is 1.00. The van der Waals surface area contributed by atoms with Crippen LogP contribution in [-0.2, 0) is 14.2 Å². The number of aliphatic hydroxyl groups excluding tert-OH is 5. The zero-order valence-corrected chi connectivity index (χ0v) is 9.62. The van der Waals surface area contributed by atoms with Crippen LogP contribution in [0, 0.1) is 0 Å². The standard InChI is InChI=1S/C10H18O8/c11-3-5-6(12)7(13)8(14)10(18-5)16-2-1-4-9(15)17-4/h4-15H,1-3H2/t4-,5+,6+,7-,8+,9+,10+/m0/s1. The first kappa shape index (κ1) is 14.1. The first-order valence-electron chi connectivity index (χ1n) is 5.80. The largest absolute Gasteiger partial charge is 0.394 e. The fourth-order valence-electron chi connectivity index (χ4n) is 1.85.